The number of carbonyl (C=O) groups excluding carboxylic acids is 1. The molecular weight excluding hydrogens is 266 g/mol. The number of esters is 1. The molecule has 0 aliphatic heterocycles. The largest absolute Gasteiger partial charge is 0.468 e. The van der Waals surface area contributed by atoms with Gasteiger partial charge in [0.15, 0.2) is 0 Å². The molecule has 0 aliphatic carbocycles. The van der Waals surface area contributed by atoms with Crippen LogP contribution in [0, 0.1) is 0 Å². The maximum absolute atomic E-state index is 11.5. The van der Waals surface area contributed by atoms with Crippen molar-refractivity contribution in [3.63, 3.8) is 0 Å². The number of hydrogen-bond acceptors (Lipinski definition) is 4. The van der Waals surface area contributed by atoms with Crippen molar-refractivity contribution in [2.75, 3.05) is 13.7 Å². The fourth-order valence-corrected chi connectivity index (χ4v) is 2.06. The first-order valence-electron chi connectivity index (χ1n) is 7.00. The SMILES string of the molecule is COC(=O)CN(Cc1ccc(-n2cccn2)cc1)C(C)C. The molecular formula is C16H21N3O2. The summed E-state index contributed by atoms with van der Waals surface area (Å²) in [6.45, 7) is 5.16. The second-order valence-corrected chi connectivity index (χ2v) is 5.19. The molecule has 5 nitrogen and oxygen atoms in total. The Labute approximate surface area is 125 Å². The molecule has 112 valence electrons. The van der Waals surface area contributed by atoms with Gasteiger partial charge in [-0.1, -0.05) is 12.1 Å². The molecule has 0 unspecified atom stereocenters. The van der Waals surface area contributed by atoms with Crippen molar-refractivity contribution >= 4 is 5.97 Å². The smallest absolute Gasteiger partial charge is 0.319 e. The highest BCUT2D eigenvalue weighted by molar-refractivity contribution is 5.71. The summed E-state index contributed by atoms with van der Waals surface area (Å²) in [6, 6.07) is 10.3. The van der Waals surface area contributed by atoms with Crippen LogP contribution in [0.2, 0.25) is 0 Å². The van der Waals surface area contributed by atoms with Crippen molar-refractivity contribution in [1.29, 1.82) is 0 Å². The van der Waals surface area contributed by atoms with E-state index in [0.29, 0.717) is 13.1 Å². The number of aromatic nitrogens is 2. The quantitative estimate of drug-likeness (QED) is 0.765. The number of benzene rings is 1. The number of ether oxygens (including phenoxy) is 1. The molecule has 0 spiro atoms. The number of rotatable bonds is 6. The van der Waals surface area contributed by atoms with Gasteiger partial charge in [0.25, 0.3) is 0 Å². The van der Waals surface area contributed by atoms with Gasteiger partial charge in [-0.3, -0.25) is 9.69 Å². The molecule has 1 aromatic heterocycles. The summed E-state index contributed by atoms with van der Waals surface area (Å²) in [5.74, 6) is -0.211. The van der Waals surface area contributed by atoms with E-state index in [2.05, 4.69) is 36.0 Å². The number of carbonyl (C=O) groups is 1. The Balaban J connectivity index is 2.05. The van der Waals surface area contributed by atoms with E-state index >= 15 is 0 Å². The van der Waals surface area contributed by atoms with Crippen LogP contribution in [0.4, 0.5) is 0 Å². The standard InChI is InChI=1S/C16H21N3O2/c1-13(2)18(12-16(20)21-3)11-14-5-7-15(8-6-14)19-10-4-9-17-19/h4-10,13H,11-12H2,1-3H3. The van der Waals surface area contributed by atoms with Crippen LogP contribution < -0.4 is 0 Å². The Bertz CT molecular complexity index is 562. The van der Waals surface area contributed by atoms with E-state index in [0.717, 1.165) is 11.3 Å². The Morgan fingerprint density at radius 3 is 2.57 bits per heavy atom. The first kappa shape index (κ1) is 15.3. The van der Waals surface area contributed by atoms with Crippen molar-refractivity contribution < 1.29 is 9.53 Å². The molecule has 0 atom stereocenters. The van der Waals surface area contributed by atoms with Crippen LogP contribution in [0.25, 0.3) is 5.69 Å². The zero-order valence-electron chi connectivity index (χ0n) is 12.7. The van der Waals surface area contributed by atoms with Crippen LogP contribution in [0.5, 0.6) is 0 Å². The van der Waals surface area contributed by atoms with E-state index in [1.165, 1.54) is 7.11 Å². The third kappa shape index (κ3) is 4.16. The van der Waals surface area contributed by atoms with Gasteiger partial charge in [0.2, 0.25) is 0 Å². The minimum atomic E-state index is -0.211. The fourth-order valence-electron chi connectivity index (χ4n) is 2.06. The molecule has 1 heterocycles. The van der Waals surface area contributed by atoms with Crippen molar-refractivity contribution in [2.45, 2.75) is 26.4 Å². The van der Waals surface area contributed by atoms with Crippen molar-refractivity contribution in [3.8, 4) is 5.69 Å². The molecule has 1 aromatic carbocycles. The summed E-state index contributed by atoms with van der Waals surface area (Å²) in [5.41, 5.74) is 2.18. The van der Waals surface area contributed by atoms with Crippen LogP contribution in [-0.4, -0.2) is 40.3 Å². The Morgan fingerprint density at radius 1 is 1.33 bits per heavy atom. The second-order valence-electron chi connectivity index (χ2n) is 5.19. The summed E-state index contributed by atoms with van der Waals surface area (Å²) in [7, 11) is 1.42. The average molecular weight is 287 g/mol. The van der Waals surface area contributed by atoms with Crippen LogP contribution >= 0.6 is 0 Å². The zero-order valence-corrected chi connectivity index (χ0v) is 12.7. The van der Waals surface area contributed by atoms with E-state index in [4.69, 9.17) is 4.74 Å². The van der Waals surface area contributed by atoms with Gasteiger partial charge in [0, 0.05) is 25.0 Å². The van der Waals surface area contributed by atoms with Gasteiger partial charge in [-0.15, -0.1) is 0 Å². The fraction of sp³-hybridized carbons (Fsp3) is 0.375. The third-order valence-electron chi connectivity index (χ3n) is 3.38. The Kier molecular flexibility index (Phi) is 5.11. The molecule has 5 heteroatoms. The average Bonchev–Trinajstić information content (AvgIpc) is 3.01. The zero-order chi connectivity index (χ0) is 15.2. The predicted octanol–water partition coefficient (Wildman–Crippen LogP) is 2.26. The van der Waals surface area contributed by atoms with E-state index in [-0.39, 0.29) is 12.0 Å². The molecule has 21 heavy (non-hydrogen) atoms. The summed E-state index contributed by atoms with van der Waals surface area (Å²) >= 11 is 0. The lowest BCUT2D eigenvalue weighted by molar-refractivity contribution is -0.142. The highest BCUT2D eigenvalue weighted by Crippen LogP contribution is 2.12. The molecule has 0 saturated carbocycles. The lowest BCUT2D eigenvalue weighted by atomic mass is 10.1. The van der Waals surface area contributed by atoms with Crippen molar-refractivity contribution in [1.82, 2.24) is 14.7 Å². The number of nitrogens with zero attached hydrogens (tertiary/aromatic N) is 3. The lowest BCUT2D eigenvalue weighted by Crippen LogP contribution is -2.35. The normalized spacial score (nSPS) is 11.1. The molecule has 0 bridgehead atoms. The van der Waals surface area contributed by atoms with Gasteiger partial charge in [0.05, 0.1) is 19.3 Å². The van der Waals surface area contributed by atoms with Crippen molar-refractivity contribution in [2.24, 2.45) is 0 Å². The van der Waals surface area contributed by atoms with Gasteiger partial charge >= 0.3 is 5.97 Å². The van der Waals surface area contributed by atoms with E-state index in [1.54, 1.807) is 6.20 Å². The monoisotopic (exact) mass is 287 g/mol. The van der Waals surface area contributed by atoms with Crippen LogP contribution in [0.15, 0.2) is 42.7 Å². The minimum absolute atomic E-state index is 0.211. The molecule has 0 amide bonds. The van der Waals surface area contributed by atoms with Crippen molar-refractivity contribution in [3.05, 3.63) is 48.3 Å². The van der Waals surface area contributed by atoms with Gasteiger partial charge in [-0.25, -0.2) is 4.68 Å². The van der Waals surface area contributed by atoms with Crippen LogP contribution in [0.3, 0.4) is 0 Å². The summed E-state index contributed by atoms with van der Waals surface area (Å²) in [5, 5.41) is 4.20. The maximum Gasteiger partial charge on any atom is 0.319 e. The molecule has 0 aliphatic rings. The predicted molar refractivity (Wildman–Crippen MR) is 81.1 cm³/mol. The van der Waals surface area contributed by atoms with Crippen LogP contribution in [0.1, 0.15) is 19.4 Å². The van der Waals surface area contributed by atoms with Gasteiger partial charge in [-0.05, 0) is 37.6 Å². The van der Waals surface area contributed by atoms with Gasteiger partial charge < -0.3 is 4.74 Å². The summed E-state index contributed by atoms with van der Waals surface area (Å²) < 4.78 is 6.56. The maximum atomic E-state index is 11.5. The first-order valence-corrected chi connectivity index (χ1v) is 7.00. The topological polar surface area (TPSA) is 47.4 Å². The van der Waals surface area contributed by atoms with Gasteiger partial charge in [0.1, 0.15) is 0 Å². The third-order valence-corrected chi connectivity index (χ3v) is 3.38. The molecule has 0 radical (unpaired) electrons. The Morgan fingerprint density at radius 2 is 2.05 bits per heavy atom. The minimum Gasteiger partial charge on any atom is -0.468 e. The molecule has 0 fully saturated rings. The molecule has 2 aromatic rings. The molecule has 0 N–H and O–H groups in total. The van der Waals surface area contributed by atoms with Crippen LogP contribution in [-0.2, 0) is 16.1 Å². The summed E-state index contributed by atoms with van der Waals surface area (Å²) in [6.07, 6.45) is 3.66. The summed E-state index contributed by atoms with van der Waals surface area (Å²) in [4.78, 5) is 13.5. The highest BCUT2D eigenvalue weighted by atomic mass is 16.5. The van der Waals surface area contributed by atoms with E-state index in [9.17, 15) is 4.79 Å². The highest BCUT2D eigenvalue weighted by Gasteiger charge is 2.14. The number of methoxy groups -OCH3 is 1. The van der Waals surface area contributed by atoms with Gasteiger partial charge in [-0.2, -0.15) is 5.10 Å². The second kappa shape index (κ2) is 7.04. The number of hydrogen-bond donors (Lipinski definition) is 0. The van der Waals surface area contributed by atoms with E-state index in [1.807, 2.05) is 29.1 Å². The molecule has 2 rings (SSSR count). The van der Waals surface area contributed by atoms with E-state index < -0.39 is 0 Å². The molecule has 0 saturated heterocycles. The lowest BCUT2D eigenvalue weighted by Gasteiger charge is -2.25. The first-order chi connectivity index (χ1) is 10.1. The Hall–Kier alpha value is -2.14.